The fourth-order valence-electron chi connectivity index (χ4n) is 2.12. The summed E-state index contributed by atoms with van der Waals surface area (Å²) in [6, 6.07) is 14.6. The molecule has 7 heteroatoms. The van der Waals surface area contributed by atoms with Gasteiger partial charge in [0.15, 0.2) is 0 Å². The second-order valence-electron chi connectivity index (χ2n) is 4.98. The molecule has 1 saturated heterocycles. The molecule has 0 atom stereocenters. The Morgan fingerprint density at radius 1 is 1.12 bits per heavy atom. The highest BCUT2D eigenvalue weighted by Crippen LogP contribution is 2.33. The van der Waals surface area contributed by atoms with Gasteiger partial charge in [0.1, 0.15) is 4.32 Å². The molecule has 1 amide bonds. The zero-order valence-corrected chi connectivity index (χ0v) is 15.5. The Morgan fingerprint density at radius 2 is 1.83 bits per heavy atom. The molecule has 1 N–H and O–H groups in total. The monoisotopic (exact) mass is 394 g/mol. The maximum absolute atomic E-state index is 12.5. The molecule has 1 aliphatic heterocycles. The van der Waals surface area contributed by atoms with Crippen LogP contribution in [-0.4, -0.2) is 21.8 Å². The number of hydrogen-bond donors (Lipinski definition) is 1. The molecular formula is C17H12Cl2N2OS2. The summed E-state index contributed by atoms with van der Waals surface area (Å²) in [6.07, 6.45) is 1.81. The van der Waals surface area contributed by atoms with Gasteiger partial charge in [-0.3, -0.25) is 9.69 Å². The minimum atomic E-state index is -0.125. The van der Waals surface area contributed by atoms with Crippen LogP contribution in [0.4, 0.5) is 5.69 Å². The number of nitrogens with zero attached hydrogens (tertiary/aromatic N) is 1. The van der Waals surface area contributed by atoms with Crippen molar-refractivity contribution >= 4 is 69.2 Å². The first kappa shape index (κ1) is 17.3. The number of rotatable bonds is 4. The fourth-order valence-corrected chi connectivity index (χ4v) is 3.70. The first-order chi connectivity index (χ1) is 11.5. The van der Waals surface area contributed by atoms with Gasteiger partial charge in [0, 0.05) is 5.02 Å². The molecule has 0 radical (unpaired) electrons. The highest BCUT2D eigenvalue weighted by molar-refractivity contribution is 8.26. The number of thiocarbonyl (C=S) groups is 1. The van der Waals surface area contributed by atoms with E-state index in [4.69, 9.17) is 35.4 Å². The van der Waals surface area contributed by atoms with Gasteiger partial charge in [-0.25, -0.2) is 0 Å². The molecule has 3 nitrogen and oxygen atoms in total. The summed E-state index contributed by atoms with van der Waals surface area (Å²) in [5.41, 5.74) is 1.66. The quantitative estimate of drug-likeness (QED) is 0.565. The molecule has 0 aromatic heterocycles. The van der Waals surface area contributed by atoms with E-state index in [1.54, 1.807) is 18.2 Å². The zero-order chi connectivity index (χ0) is 17.1. The molecule has 24 heavy (non-hydrogen) atoms. The topological polar surface area (TPSA) is 32.3 Å². The van der Waals surface area contributed by atoms with Crippen LogP contribution in [0.3, 0.4) is 0 Å². The molecule has 0 aliphatic carbocycles. The summed E-state index contributed by atoms with van der Waals surface area (Å²) in [4.78, 5) is 14.6. The van der Waals surface area contributed by atoms with E-state index in [-0.39, 0.29) is 12.6 Å². The van der Waals surface area contributed by atoms with E-state index >= 15 is 0 Å². The normalized spacial score (nSPS) is 16.1. The minimum absolute atomic E-state index is 0.125. The molecule has 2 aromatic rings. The van der Waals surface area contributed by atoms with Crippen molar-refractivity contribution in [3.63, 3.8) is 0 Å². The summed E-state index contributed by atoms with van der Waals surface area (Å²) in [5.74, 6) is -0.125. The number of para-hydroxylation sites is 1. The van der Waals surface area contributed by atoms with E-state index in [0.717, 1.165) is 11.3 Å². The second kappa shape index (κ2) is 7.57. The summed E-state index contributed by atoms with van der Waals surface area (Å²) in [5, 5.41) is 4.39. The zero-order valence-electron chi connectivity index (χ0n) is 12.3. The maximum atomic E-state index is 12.5. The van der Waals surface area contributed by atoms with Crippen LogP contribution in [0.1, 0.15) is 5.56 Å². The van der Waals surface area contributed by atoms with Crippen molar-refractivity contribution in [1.29, 1.82) is 0 Å². The molecule has 1 fully saturated rings. The third-order valence-electron chi connectivity index (χ3n) is 3.34. The Balaban J connectivity index is 1.72. The number of nitrogens with one attached hydrogen (secondary N) is 1. The molecule has 0 saturated carbocycles. The lowest BCUT2D eigenvalue weighted by atomic mass is 10.2. The number of carbonyl (C=O) groups excluding carboxylic acids is 1. The van der Waals surface area contributed by atoms with Crippen LogP contribution < -0.4 is 5.32 Å². The molecule has 0 spiro atoms. The van der Waals surface area contributed by atoms with Gasteiger partial charge in [-0.15, -0.1) is 0 Å². The molecule has 3 rings (SSSR count). The summed E-state index contributed by atoms with van der Waals surface area (Å²) >= 11 is 18.6. The molecule has 1 heterocycles. The van der Waals surface area contributed by atoms with E-state index in [9.17, 15) is 4.79 Å². The van der Waals surface area contributed by atoms with Crippen LogP contribution in [0.15, 0.2) is 53.4 Å². The van der Waals surface area contributed by atoms with Gasteiger partial charge in [0.05, 0.1) is 22.3 Å². The van der Waals surface area contributed by atoms with Gasteiger partial charge in [0.2, 0.25) is 0 Å². The second-order valence-corrected chi connectivity index (χ2v) is 7.50. The highest BCUT2D eigenvalue weighted by atomic mass is 35.5. The number of amides is 1. The van der Waals surface area contributed by atoms with E-state index in [1.165, 1.54) is 16.7 Å². The van der Waals surface area contributed by atoms with Crippen molar-refractivity contribution in [2.24, 2.45) is 0 Å². The van der Waals surface area contributed by atoms with Crippen LogP contribution in [0.25, 0.3) is 6.08 Å². The first-order valence-electron chi connectivity index (χ1n) is 7.04. The Morgan fingerprint density at radius 3 is 2.54 bits per heavy atom. The summed E-state index contributed by atoms with van der Waals surface area (Å²) < 4.78 is 0.514. The predicted octanol–water partition coefficient (Wildman–Crippen LogP) is 5.26. The van der Waals surface area contributed by atoms with Crippen LogP contribution in [0, 0.1) is 0 Å². The predicted molar refractivity (Wildman–Crippen MR) is 106 cm³/mol. The Hall–Kier alpha value is -1.53. The van der Waals surface area contributed by atoms with Crippen LogP contribution >= 0.6 is 47.2 Å². The SMILES string of the molecule is O=C1/C(=C\c2ccc(Cl)cc2)SC(=S)N1CNc1ccccc1Cl. The molecule has 0 bridgehead atoms. The first-order valence-corrected chi connectivity index (χ1v) is 9.02. The van der Waals surface area contributed by atoms with Crippen molar-refractivity contribution < 1.29 is 4.79 Å². The summed E-state index contributed by atoms with van der Waals surface area (Å²) in [7, 11) is 0. The van der Waals surface area contributed by atoms with E-state index in [1.807, 2.05) is 36.4 Å². The largest absolute Gasteiger partial charge is 0.366 e. The lowest BCUT2D eigenvalue weighted by Crippen LogP contribution is -2.33. The Labute approximate surface area is 159 Å². The lowest BCUT2D eigenvalue weighted by Gasteiger charge is -2.16. The van der Waals surface area contributed by atoms with Crippen molar-refractivity contribution in [3.05, 3.63) is 69.0 Å². The van der Waals surface area contributed by atoms with Crippen molar-refractivity contribution in [3.8, 4) is 0 Å². The molecular weight excluding hydrogens is 383 g/mol. The number of halogens is 2. The summed E-state index contributed by atoms with van der Waals surface area (Å²) in [6.45, 7) is 0.270. The average Bonchev–Trinajstić information content (AvgIpc) is 2.83. The number of anilines is 1. The van der Waals surface area contributed by atoms with E-state index in [2.05, 4.69) is 5.32 Å². The standard InChI is InChI=1S/C17H12Cl2N2OS2/c18-12-7-5-11(6-8-12)9-15-16(22)21(17(23)24-15)10-20-14-4-2-1-3-13(14)19/h1-9,20H,10H2/b15-9+. The third kappa shape index (κ3) is 3.92. The van der Waals surface area contributed by atoms with Gasteiger partial charge >= 0.3 is 0 Å². The van der Waals surface area contributed by atoms with Gasteiger partial charge < -0.3 is 5.32 Å². The van der Waals surface area contributed by atoms with Crippen LogP contribution in [0.5, 0.6) is 0 Å². The van der Waals surface area contributed by atoms with Gasteiger partial charge in [0.25, 0.3) is 5.91 Å². The van der Waals surface area contributed by atoms with Crippen molar-refractivity contribution in [1.82, 2.24) is 4.90 Å². The lowest BCUT2D eigenvalue weighted by molar-refractivity contribution is -0.121. The smallest absolute Gasteiger partial charge is 0.267 e. The maximum Gasteiger partial charge on any atom is 0.267 e. The van der Waals surface area contributed by atoms with Gasteiger partial charge in [-0.1, -0.05) is 71.4 Å². The number of benzene rings is 2. The number of carbonyl (C=O) groups is 1. The van der Waals surface area contributed by atoms with Gasteiger partial charge in [-0.05, 0) is 35.9 Å². The van der Waals surface area contributed by atoms with Crippen LogP contribution in [0.2, 0.25) is 10.0 Å². The van der Waals surface area contributed by atoms with Crippen LogP contribution in [-0.2, 0) is 4.79 Å². The van der Waals surface area contributed by atoms with Gasteiger partial charge in [-0.2, -0.15) is 0 Å². The minimum Gasteiger partial charge on any atom is -0.366 e. The molecule has 122 valence electrons. The van der Waals surface area contributed by atoms with Crippen molar-refractivity contribution in [2.45, 2.75) is 0 Å². The number of hydrogen-bond acceptors (Lipinski definition) is 4. The molecule has 2 aromatic carbocycles. The molecule has 1 aliphatic rings. The van der Waals surface area contributed by atoms with E-state index < -0.39 is 0 Å². The third-order valence-corrected chi connectivity index (χ3v) is 5.30. The fraction of sp³-hybridized carbons (Fsp3) is 0.0588. The van der Waals surface area contributed by atoms with Crippen molar-refractivity contribution in [2.75, 3.05) is 12.0 Å². The highest BCUT2D eigenvalue weighted by Gasteiger charge is 2.31. The molecule has 0 unspecified atom stereocenters. The van der Waals surface area contributed by atoms with E-state index in [0.29, 0.717) is 19.3 Å². The average molecular weight is 395 g/mol. The number of thioether (sulfide) groups is 1. The Kier molecular flexibility index (Phi) is 5.46. The Bertz CT molecular complexity index is 822.